The zero-order valence-electron chi connectivity index (χ0n) is 9.58. The average Bonchev–Trinajstić information content (AvgIpc) is 2.92. The Bertz CT molecular complexity index is 659. The van der Waals surface area contributed by atoms with E-state index < -0.39 is 15.9 Å². The molecule has 0 spiro atoms. The number of hydrogen-bond donors (Lipinski definition) is 1. The van der Waals surface area contributed by atoms with Gasteiger partial charge >= 0.3 is 0 Å². The number of carbonyl (C=O) groups is 1. The lowest BCUT2D eigenvalue weighted by atomic mass is 10.1. The topological polar surface area (TPSA) is 76.2 Å². The molecule has 0 unspecified atom stereocenters. The first kappa shape index (κ1) is 12.5. The molecule has 0 aliphatic carbocycles. The summed E-state index contributed by atoms with van der Waals surface area (Å²) >= 11 is 0. The van der Waals surface area contributed by atoms with Gasteiger partial charge in [-0.05, 0) is 24.3 Å². The third-order valence-electron chi connectivity index (χ3n) is 2.46. The molecule has 2 aromatic rings. The third kappa shape index (κ3) is 2.20. The predicted molar refractivity (Wildman–Crippen MR) is 64.9 cm³/mol. The second-order valence-electron chi connectivity index (χ2n) is 3.53. The summed E-state index contributed by atoms with van der Waals surface area (Å²) in [5.41, 5.74) is 0.413. The van der Waals surface area contributed by atoms with Crippen LogP contribution in [-0.2, 0) is 14.3 Å². The second-order valence-corrected chi connectivity index (χ2v) is 5.21. The molecule has 0 saturated heterocycles. The molecule has 6 heteroatoms. The largest absolute Gasteiger partial charge is 0.359 e. The molecule has 1 heterocycles. The van der Waals surface area contributed by atoms with Crippen molar-refractivity contribution in [2.75, 3.05) is 7.11 Å². The van der Waals surface area contributed by atoms with Gasteiger partial charge in [0.2, 0.25) is 5.78 Å². The Hall–Kier alpha value is -1.92. The van der Waals surface area contributed by atoms with Crippen molar-refractivity contribution in [3.63, 3.8) is 0 Å². The highest BCUT2D eigenvalue weighted by molar-refractivity contribution is 7.86. The van der Waals surface area contributed by atoms with Crippen LogP contribution in [0.25, 0.3) is 0 Å². The van der Waals surface area contributed by atoms with Gasteiger partial charge in [-0.25, -0.2) is 0 Å². The van der Waals surface area contributed by atoms with E-state index in [1.54, 1.807) is 24.4 Å². The van der Waals surface area contributed by atoms with Gasteiger partial charge in [0.1, 0.15) is 4.90 Å². The molecule has 1 aromatic heterocycles. The molecule has 94 valence electrons. The van der Waals surface area contributed by atoms with Crippen LogP contribution < -0.4 is 0 Å². The first-order valence-electron chi connectivity index (χ1n) is 5.14. The number of rotatable bonds is 4. The van der Waals surface area contributed by atoms with Crippen LogP contribution in [0.2, 0.25) is 0 Å². The highest BCUT2D eigenvalue weighted by atomic mass is 32.2. The van der Waals surface area contributed by atoms with E-state index in [-0.39, 0.29) is 10.5 Å². The van der Waals surface area contributed by atoms with Crippen LogP contribution in [0.3, 0.4) is 0 Å². The number of carbonyl (C=O) groups excluding carboxylic acids is 1. The van der Waals surface area contributed by atoms with Crippen molar-refractivity contribution >= 4 is 15.9 Å². The van der Waals surface area contributed by atoms with Crippen LogP contribution in [0.15, 0.2) is 47.5 Å². The second kappa shape index (κ2) is 4.75. The van der Waals surface area contributed by atoms with Crippen molar-refractivity contribution in [2.24, 2.45) is 0 Å². The van der Waals surface area contributed by atoms with Gasteiger partial charge in [0.15, 0.2) is 0 Å². The van der Waals surface area contributed by atoms with Crippen molar-refractivity contribution in [1.29, 1.82) is 0 Å². The summed E-state index contributed by atoms with van der Waals surface area (Å²) in [6.07, 6.45) is 1.60. The van der Waals surface area contributed by atoms with Crippen LogP contribution in [0.4, 0.5) is 0 Å². The molecule has 0 amide bonds. The standard InChI is InChI=1S/C12H11NO4S/c1-17-18(15,16)11-7-3-2-5-9(11)12(14)10-6-4-8-13-10/h2-8,13H,1H3. The summed E-state index contributed by atoms with van der Waals surface area (Å²) < 4.78 is 27.9. The van der Waals surface area contributed by atoms with Gasteiger partial charge in [-0.15, -0.1) is 0 Å². The van der Waals surface area contributed by atoms with Gasteiger partial charge < -0.3 is 4.98 Å². The molecule has 0 fully saturated rings. The molecule has 5 nitrogen and oxygen atoms in total. The summed E-state index contributed by atoms with van der Waals surface area (Å²) in [6.45, 7) is 0. The smallest absolute Gasteiger partial charge is 0.297 e. The van der Waals surface area contributed by atoms with Crippen molar-refractivity contribution in [3.05, 3.63) is 53.9 Å². The molecule has 0 atom stereocenters. The Labute approximate surface area is 105 Å². The Balaban J connectivity index is 2.56. The summed E-state index contributed by atoms with van der Waals surface area (Å²) in [5.74, 6) is -0.392. The van der Waals surface area contributed by atoms with E-state index in [0.717, 1.165) is 7.11 Å². The van der Waals surface area contributed by atoms with Crippen LogP contribution >= 0.6 is 0 Å². The minimum Gasteiger partial charge on any atom is -0.359 e. The molecular formula is C12H11NO4S. The summed E-state index contributed by atoms with van der Waals surface area (Å²) in [5, 5.41) is 0. The Morgan fingerprint density at radius 1 is 1.17 bits per heavy atom. The lowest BCUT2D eigenvalue weighted by molar-refractivity contribution is 0.103. The van der Waals surface area contributed by atoms with E-state index in [4.69, 9.17) is 0 Å². The maximum absolute atomic E-state index is 12.1. The molecule has 0 aliphatic rings. The van der Waals surface area contributed by atoms with Gasteiger partial charge in [0.05, 0.1) is 12.8 Å². The van der Waals surface area contributed by atoms with E-state index in [1.807, 2.05) is 0 Å². The summed E-state index contributed by atoms with van der Waals surface area (Å²) in [4.78, 5) is 14.8. The molecule has 1 aromatic carbocycles. The predicted octanol–water partition coefficient (Wildman–Crippen LogP) is 1.58. The Morgan fingerprint density at radius 3 is 2.50 bits per heavy atom. The number of hydrogen-bond acceptors (Lipinski definition) is 4. The minimum atomic E-state index is -3.90. The SMILES string of the molecule is COS(=O)(=O)c1ccccc1C(=O)c1ccc[nH]1. The van der Waals surface area contributed by atoms with E-state index in [0.29, 0.717) is 5.69 Å². The van der Waals surface area contributed by atoms with Crippen molar-refractivity contribution < 1.29 is 17.4 Å². The number of benzene rings is 1. The lowest BCUT2D eigenvalue weighted by Gasteiger charge is -2.06. The molecule has 0 bridgehead atoms. The van der Waals surface area contributed by atoms with Crippen LogP contribution in [0, 0.1) is 0 Å². The van der Waals surface area contributed by atoms with Crippen molar-refractivity contribution in [2.45, 2.75) is 4.90 Å². The fraction of sp³-hybridized carbons (Fsp3) is 0.0833. The summed E-state index contributed by atoms with van der Waals surface area (Å²) in [7, 11) is -2.84. The summed E-state index contributed by atoms with van der Waals surface area (Å²) in [6, 6.07) is 9.19. The quantitative estimate of drug-likeness (QED) is 0.672. The first-order valence-corrected chi connectivity index (χ1v) is 6.55. The number of aromatic nitrogens is 1. The molecule has 18 heavy (non-hydrogen) atoms. The zero-order valence-corrected chi connectivity index (χ0v) is 10.4. The van der Waals surface area contributed by atoms with Crippen molar-refractivity contribution in [1.82, 2.24) is 4.98 Å². The van der Waals surface area contributed by atoms with Gasteiger partial charge in [-0.2, -0.15) is 8.42 Å². The first-order chi connectivity index (χ1) is 8.56. The molecule has 1 N–H and O–H groups in total. The normalized spacial score (nSPS) is 11.4. The van der Waals surface area contributed by atoms with Gasteiger partial charge in [0, 0.05) is 11.8 Å². The Morgan fingerprint density at radius 2 is 1.89 bits per heavy atom. The highest BCUT2D eigenvalue weighted by Gasteiger charge is 2.22. The number of aromatic amines is 1. The lowest BCUT2D eigenvalue weighted by Crippen LogP contribution is -2.11. The fourth-order valence-electron chi connectivity index (χ4n) is 1.58. The van der Waals surface area contributed by atoms with E-state index in [9.17, 15) is 13.2 Å². The number of nitrogens with one attached hydrogen (secondary N) is 1. The monoisotopic (exact) mass is 265 g/mol. The molecular weight excluding hydrogens is 254 g/mol. The van der Waals surface area contributed by atoms with E-state index in [1.165, 1.54) is 18.2 Å². The van der Waals surface area contributed by atoms with E-state index >= 15 is 0 Å². The van der Waals surface area contributed by atoms with Crippen LogP contribution in [0.1, 0.15) is 16.1 Å². The van der Waals surface area contributed by atoms with Gasteiger partial charge in [0.25, 0.3) is 10.1 Å². The zero-order chi connectivity index (χ0) is 13.2. The number of H-pyrrole nitrogens is 1. The van der Waals surface area contributed by atoms with Gasteiger partial charge in [-0.1, -0.05) is 12.1 Å². The van der Waals surface area contributed by atoms with Crippen LogP contribution in [-0.4, -0.2) is 26.3 Å². The molecule has 0 saturated carbocycles. The average molecular weight is 265 g/mol. The molecule has 0 aliphatic heterocycles. The van der Waals surface area contributed by atoms with Crippen molar-refractivity contribution in [3.8, 4) is 0 Å². The van der Waals surface area contributed by atoms with E-state index in [2.05, 4.69) is 9.17 Å². The third-order valence-corrected chi connectivity index (χ3v) is 3.80. The molecule has 2 rings (SSSR count). The molecule has 0 radical (unpaired) electrons. The van der Waals surface area contributed by atoms with Crippen LogP contribution in [0.5, 0.6) is 0 Å². The Kier molecular flexibility index (Phi) is 3.31. The maximum atomic E-state index is 12.1. The minimum absolute atomic E-state index is 0.0850. The number of ketones is 1. The van der Waals surface area contributed by atoms with Gasteiger partial charge in [-0.3, -0.25) is 8.98 Å². The fourth-order valence-corrected chi connectivity index (χ4v) is 2.43. The maximum Gasteiger partial charge on any atom is 0.297 e. The highest BCUT2D eigenvalue weighted by Crippen LogP contribution is 2.20.